The third-order valence-electron chi connectivity index (χ3n) is 9.47. The first-order valence-electron chi connectivity index (χ1n) is 15.7. The SMILES string of the molecule is CN1CCN(C(=O)c2cnn3c2CC(CNC(=O)C2CC(O)CN2C(=O)[C@@H](n2cc(C4CC4)nn2)C(C)(C)C)CC3)CC1. The summed E-state index contributed by atoms with van der Waals surface area (Å²) in [6.07, 6.45) is 6.63. The standard InChI is InChI=1S/C30H45N9O4/c1-30(2,3)26(39-18-23(33-34-39)20-5-6-20)29(43)37-17-21(40)14-25(37)27(41)31-15-19-7-8-38-24(13-19)22(16-32-38)28(42)36-11-9-35(4)10-12-36/h16,18-21,25-26,40H,5-15,17H2,1-4H3,(H,31,41)/t19?,21?,25?,26-/m1/s1. The summed E-state index contributed by atoms with van der Waals surface area (Å²) in [5, 5.41) is 26.7. The van der Waals surface area contributed by atoms with Gasteiger partial charge in [-0.15, -0.1) is 5.10 Å². The van der Waals surface area contributed by atoms with Gasteiger partial charge in [-0.25, -0.2) is 4.68 Å². The highest BCUT2D eigenvalue weighted by atomic mass is 16.3. The summed E-state index contributed by atoms with van der Waals surface area (Å²) >= 11 is 0. The normalized spacial score (nSPS) is 25.5. The van der Waals surface area contributed by atoms with Crippen molar-refractivity contribution in [1.82, 2.24) is 44.8 Å². The maximum atomic E-state index is 14.0. The molecule has 0 bridgehead atoms. The van der Waals surface area contributed by atoms with E-state index < -0.39 is 23.6 Å². The molecule has 6 rings (SSSR count). The molecule has 3 aliphatic heterocycles. The number of β-amino-alcohol motifs (C(OH)–C–C–N with tert-alkyl or cyclic N) is 1. The molecule has 2 saturated heterocycles. The van der Waals surface area contributed by atoms with Crippen LogP contribution in [0.15, 0.2) is 12.4 Å². The molecule has 5 heterocycles. The highest BCUT2D eigenvalue weighted by molar-refractivity contribution is 5.95. The van der Waals surface area contributed by atoms with Gasteiger partial charge in [0.05, 0.1) is 29.3 Å². The lowest BCUT2D eigenvalue weighted by Crippen LogP contribution is -2.51. The van der Waals surface area contributed by atoms with Crippen molar-refractivity contribution in [3.63, 3.8) is 0 Å². The highest BCUT2D eigenvalue weighted by Gasteiger charge is 2.45. The molecule has 234 valence electrons. The van der Waals surface area contributed by atoms with Crippen LogP contribution in [0.2, 0.25) is 0 Å². The summed E-state index contributed by atoms with van der Waals surface area (Å²) in [5.41, 5.74) is 2.00. The molecular formula is C30H45N9O4. The van der Waals surface area contributed by atoms with Gasteiger partial charge in [-0.2, -0.15) is 5.10 Å². The molecule has 0 spiro atoms. The predicted molar refractivity (Wildman–Crippen MR) is 157 cm³/mol. The molecule has 4 aliphatic rings. The predicted octanol–water partition coefficient (Wildman–Crippen LogP) is 0.667. The van der Waals surface area contributed by atoms with Crippen LogP contribution in [0, 0.1) is 11.3 Å². The molecule has 3 fully saturated rings. The molecule has 4 atom stereocenters. The topological polar surface area (TPSA) is 142 Å². The molecule has 1 aliphatic carbocycles. The molecule has 13 nitrogen and oxygen atoms in total. The number of rotatable bonds is 7. The van der Waals surface area contributed by atoms with E-state index in [2.05, 4.69) is 32.7 Å². The summed E-state index contributed by atoms with van der Waals surface area (Å²) < 4.78 is 3.56. The fourth-order valence-corrected chi connectivity index (χ4v) is 6.72. The van der Waals surface area contributed by atoms with E-state index in [-0.39, 0.29) is 36.6 Å². The Hall–Kier alpha value is -3.32. The van der Waals surface area contributed by atoms with Gasteiger partial charge in [-0.3, -0.25) is 19.1 Å². The van der Waals surface area contributed by atoms with Crippen molar-refractivity contribution in [2.24, 2.45) is 11.3 Å². The van der Waals surface area contributed by atoms with E-state index in [0.29, 0.717) is 44.1 Å². The minimum Gasteiger partial charge on any atom is -0.391 e. The van der Waals surface area contributed by atoms with E-state index >= 15 is 0 Å². The second-order valence-corrected chi connectivity index (χ2v) is 14.0. The van der Waals surface area contributed by atoms with Crippen LogP contribution in [0.4, 0.5) is 0 Å². The van der Waals surface area contributed by atoms with Crippen molar-refractivity contribution < 1.29 is 19.5 Å². The number of likely N-dealkylation sites (N-methyl/N-ethyl adjacent to an activating group) is 1. The second kappa shape index (κ2) is 11.6. The van der Waals surface area contributed by atoms with Crippen LogP contribution >= 0.6 is 0 Å². The van der Waals surface area contributed by atoms with Crippen LogP contribution in [0.3, 0.4) is 0 Å². The number of carbonyl (C=O) groups is 3. The average Bonchev–Trinajstić information content (AvgIpc) is 3.35. The maximum absolute atomic E-state index is 14.0. The summed E-state index contributed by atoms with van der Waals surface area (Å²) in [6, 6.07) is -1.41. The number of fused-ring (bicyclic) bond motifs is 1. The number of carbonyl (C=O) groups excluding carboxylic acids is 3. The van der Waals surface area contributed by atoms with Crippen LogP contribution < -0.4 is 5.32 Å². The van der Waals surface area contributed by atoms with Crippen molar-refractivity contribution in [3.05, 3.63) is 29.3 Å². The number of hydrogen-bond acceptors (Lipinski definition) is 8. The second-order valence-electron chi connectivity index (χ2n) is 14.0. The van der Waals surface area contributed by atoms with Gasteiger partial charge in [0.2, 0.25) is 11.8 Å². The van der Waals surface area contributed by atoms with Gasteiger partial charge in [0, 0.05) is 64.3 Å². The highest BCUT2D eigenvalue weighted by Crippen LogP contribution is 2.40. The number of hydrogen-bond donors (Lipinski definition) is 2. The first kappa shape index (κ1) is 29.7. The molecule has 0 radical (unpaired) electrons. The van der Waals surface area contributed by atoms with E-state index in [1.807, 2.05) is 36.5 Å². The van der Waals surface area contributed by atoms with E-state index in [1.54, 1.807) is 10.9 Å². The minimum atomic E-state index is -0.773. The van der Waals surface area contributed by atoms with Crippen molar-refractivity contribution in [3.8, 4) is 0 Å². The minimum absolute atomic E-state index is 0.0261. The molecule has 3 unspecified atom stereocenters. The average molecular weight is 596 g/mol. The number of piperazine rings is 1. The number of likely N-dealkylation sites (tertiary alicyclic amines) is 1. The third-order valence-corrected chi connectivity index (χ3v) is 9.47. The van der Waals surface area contributed by atoms with E-state index in [9.17, 15) is 19.5 Å². The lowest BCUT2D eigenvalue weighted by atomic mass is 9.85. The van der Waals surface area contributed by atoms with Gasteiger partial charge >= 0.3 is 0 Å². The molecule has 2 N–H and O–H groups in total. The molecule has 2 aromatic heterocycles. The van der Waals surface area contributed by atoms with E-state index in [4.69, 9.17) is 0 Å². The van der Waals surface area contributed by atoms with Gasteiger partial charge < -0.3 is 25.1 Å². The number of aliphatic hydroxyl groups excluding tert-OH is 1. The van der Waals surface area contributed by atoms with Crippen LogP contribution in [-0.2, 0) is 22.6 Å². The molecule has 2 aromatic rings. The van der Waals surface area contributed by atoms with Crippen molar-refractivity contribution in [2.45, 2.75) is 83.5 Å². The molecule has 3 amide bonds. The van der Waals surface area contributed by atoms with Gasteiger partial charge in [-0.1, -0.05) is 26.0 Å². The summed E-state index contributed by atoms with van der Waals surface area (Å²) in [6.45, 7) is 10.3. The van der Waals surface area contributed by atoms with Crippen LogP contribution in [-0.4, -0.2) is 121 Å². The van der Waals surface area contributed by atoms with Crippen LogP contribution in [0.5, 0.6) is 0 Å². The van der Waals surface area contributed by atoms with Gasteiger partial charge in [-0.05, 0) is 44.1 Å². The zero-order valence-electron chi connectivity index (χ0n) is 25.8. The number of nitrogens with zero attached hydrogens (tertiary/aromatic N) is 8. The molecule has 0 aromatic carbocycles. The Morgan fingerprint density at radius 2 is 1.84 bits per heavy atom. The Kier molecular flexibility index (Phi) is 8.05. The largest absolute Gasteiger partial charge is 0.391 e. The number of aromatic nitrogens is 5. The molecule has 13 heteroatoms. The third kappa shape index (κ3) is 6.19. The molecule has 43 heavy (non-hydrogen) atoms. The number of aryl methyl sites for hydroxylation is 1. The first-order chi connectivity index (χ1) is 20.5. The first-order valence-corrected chi connectivity index (χ1v) is 15.7. The fourth-order valence-electron chi connectivity index (χ4n) is 6.72. The Balaban J connectivity index is 1.10. The van der Waals surface area contributed by atoms with Gasteiger partial charge in [0.1, 0.15) is 12.1 Å². The number of nitrogens with one attached hydrogen (secondary N) is 1. The maximum Gasteiger partial charge on any atom is 0.257 e. The zero-order valence-corrected chi connectivity index (χ0v) is 25.8. The Morgan fingerprint density at radius 3 is 2.53 bits per heavy atom. The zero-order chi connectivity index (χ0) is 30.5. The number of aliphatic hydroxyl groups is 1. The molecular weight excluding hydrogens is 550 g/mol. The van der Waals surface area contributed by atoms with Crippen LogP contribution in [0.25, 0.3) is 0 Å². The van der Waals surface area contributed by atoms with Crippen molar-refractivity contribution in [2.75, 3.05) is 46.3 Å². The molecule has 1 saturated carbocycles. The lowest BCUT2D eigenvalue weighted by Gasteiger charge is -2.34. The van der Waals surface area contributed by atoms with Gasteiger partial charge in [0.25, 0.3) is 5.91 Å². The summed E-state index contributed by atoms with van der Waals surface area (Å²) in [5.74, 6) is 0.0860. The van der Waals surface area contributed by atoms with E-state index in [0.717, 1.165) is 43.7 Å². The summed E-state index contributed by atoms with van der Waals surface area (Å²) in [7, 11) is 2.06. The summed E-state index contributed by atoms with van der Waals surface area (Å²) in [4.78, 5) is 46.5. The quantitative estimate of drug-likeness (QED) is 0.476. The van der Waals surface area contributed by atoms with Gasteiger partial charge in [0.15, 0.2) is 0 Å². The smallest absolute Gasteiger partial charge is 0.257 e. The lowest BCUT2D eigenvalue weighted by molar-refractivity contribution is -0.144. The van der Waals surface area contributed by atoms with Crippen LogP contribution in [0.1, 0.15) is 80.2 Å². The van der Waals surface area contributed by atoms with E-state index in [1.165, 1.54) is 4.90 Å². The monoisotopic (exact) mass is 595 g/mol. The van der Waals surface area contributed by atoms with Crippen molar-refractivity contribution in [1.29, 1.82) is 0 Å². The van der Waals surface area contributed by atoms with Crippen molar-refractivity contribution >= 4 is 17.7 Å². The Morgan fingerprint density at radius 1 is 1.09 bits per heavy atom. The number of amides is 3. The fraction of sp³-hybridized carbons (Fsp3) is 0.733. The Bertz CT molecular complexity index is 1350. The Labute approximate surface area is 252 Å².